The second-order valence-electron chi connectivity index (χ2n) is 25.9. The van der Waals surface area contributed by atoms with Crippen molar-refractivity contribution in [3.8, 4) is 0 Å². The summed E-state index contributed by atoms with van der Waals surface area (Å²) < 4.78 is 17.0. The van der Waals surface area contributed by atoms with Gasteiger partial charge in [-0.25, -0.2) is 0 Å². The van der Waals surface area contributed by atoms with E-state index in [9.17, 15) is 14.4 Å². The van der Waals surface area contributed by atoms with Gasteiger partial charge in [0, 0.05) is 19.3 Å². The van der Waals surface area contributed by atoms with E-state index in [2.05, 4.69) is 45.1 Å². The van der Waals surface area contributed by atoms with Gasteiger partial charge in [-0.2, -0.15) is 0 Å². The van der Waals surface area contributed by atoms with E-state index in [-0.39, 0.29) is 31.1 Å². The zero-order chi connectivity index (χ0) is 59.9. The fraction of sp³-hybridized carbons (Fsp3) is 0.909. The highest BCUT2D eigenvalue weighted by molar-refractivity contribution is 5.71. The van der Waals surface area contributed by atoms with Crippen LogP contribution in [0.2, 0.25) is 0 Å². The molecule has 83 heavy (non-hydrogen) atoms. The molecule has 1 unspecified atom stereocenters. The fourth-order valence-electron chi connectivity index (χ4n) is 11.7. The molecule has 0 aromatic rings. The number of ether oxygens (including phenoxy) is 3. The number of esters is 3. The Bertz CT molecular complexity index is 1340. The van der Waals surface area contributed by atoms with Crippen LogP contribution in [0.25, 0.3) is 0 Å². The van der Waals surface area contributed by atoms with Gasteiger partial charge in [0.1, 0.15) is 13.2 Å². The van der Waals surface area contributed by atoms with Crippen LogP contribution < -0.4 is 0 Å². The highest BCUT2D eigenvalue weighted by atomic mass is 16.6. The minimum absolute atomic E-state index is 0.0681. The van der Waals surface area contributed by atoms with Gasteiger partial charge in [-0.15, -0.1) is 0 Å². The topological polar surface area (TPSA) is 78.9 Å². The summed E-state index contributed by atoms with van der Waals surface area (Å²) >= 11 is 0. The van der Waals surface area contributed by atoms with Crippen LogP contribution in [-0.4, -0.2) is 37.2 Å². The molecule has 0 aromatic carbocycles. The van der Waals surface area contributed by atoms with Crippen molar-refractivity contribution in [2.45, 2.75) is 438 Å². The average molecular weight is 1170 g/mol. The number of rotatable bonds is 71. The Morgan fingerprint density at radius 3 is 0.639 bits per heavy atom. The Morgan fingerprint density at radius 1 is 0.229 bits per heavy atom. The van der Waals surface area contributed by atoms with Crippen molar-refractivity contribution < 1.29 is 28.6 Å². The van der Waals surface area contributed by atoms with Gasteiger partial charge in [0.25, 0.3) is 0 Å². The summed E-state index contributed by atoms with van der Waals surface area (Å²) in [6.45, 7) is 6.68. The molecule has 0 saturated heterocycles. The largest absolute Gasteiger partial charge is 0.462 e. The fourth-order valence-corrected chi connectivity index (χ4v) is 11.7. The maximum Gasteiger partial charge on any atom is 0.306 e. The van der Waals surface area contributed by atoms with E-state index in [1.54, 1.807) is 0 Å². The summed E-state index contributed by atoms with van der Waals surface area (Å²) in [5.41, 5.74) is 0. The Kier molecular flexibility index (Phi) is 70.5. The van der Waals surface area contributed by atoms with Crippen LogP contribution >= 0.6 is 0 Å². The molecule has 0 bridgehead atoms. The predicted molar refractivity (Wildman–Crippen MR) is 363 cm³/mol. The Morgan fingerprint density at radius 2 is 0.410 bits per heavy atom. The summed E-state index contributed by atoms with van der Waals surface area (Å²) in [5.74, 6) is -0.846. The second-order valence-corrected chi connectivity index (χ2v) is 25.9. The van der Waals surface area contributed by atoms with Crippen LogP contribution in [0, 0.1) is 0 Å². The number of allylic oxidation sites excluding steroid dienone is 4. The molecule has 0 aliphatic heterocycles. The van der Waals surface area contributed by atoms with Gasteiger partial charge in [-0.3, -0.25) is 14.4 Å². The molecule has 1 atom stereocenters. The third-order valence-electron chi connectivity index (χ3n) is 17.4. The first-order valence-electron chi connectivity index (χ1n) is 37.8. The quantitative estimate of drug-likeness (QED) is 0.0261. The van der Waals surface area contributed by atoms with Crippen LogP contribution in [0.1, 0.15) is 432 Å². The van der Waals surface area contributed by atoms with Gasteiger partial charge in [-0.05, 0) is 64.2 Å². The normalized spacial score (nSPS) is 12.1. The second kappa shape index (κ2) is 72.4. The molecule has 0 radical (unpaired) electrons. The molecule has 6 heteroatoms. The first-order chi connectivity index (χ1) is 41.0. The number of hydrogen-bond acceptors (Lipinski definition) is 6. The first-order valence-corrected chi connectivity index (χ1v) is 37.8. The van der Waals surface area contributed by atoms with E-state index in [0.717, 1.165) is 64.2 Å². The molecule has 0 fully saturated rings. The van der Waals surface area contributed by atoms with E-state index in [0.29, 0.717) is 19.3 Å². The lowest BCUT2D eigenvalue weighted by Gasteiger charge is -2.18. The number of carbonyl (C=O) groups excluding carboxylic acids is 3. The molecule has 0 aliphatic carbocycles. The number of unbranched alkanes of at least 4 members (excludes halogenated alkanes) is 56. The van der Waals surface area contributed by atoms with Gasteiger partial charge >= 0.3 is 17.9 Å². The maximum atomic E-state index is 13.0. The van der Waals surface area contributed by atoms with Crippen LogP contribution in [0.3, 0.4) is 0 Å². The van der Waals surface area contributed by atoms with Crippen LogP contribution in [0.5, 0.6) is 0 Å². The summed E-state index contributed by atoms with van der Waals surface area (Å²) in [6, 6.07) is 0. The minimum atomic E-state index is -0.773. The molecule has 0 aliphatic rings. The average Bonchev–Trinajstić information content (AvgIpc) is 3.48. The molecular formula is C77H146O6. The van der Waals surface area contributed by atoms with Gasteiger partial charge in [0.2, 0.25) is 0 Å². The van der Waals surface area contributed by atoms with E-state index in [1.165, 1.54) is 327 Å². The summed E-state index contributed by atoms with van der Waals surface area (Å²) in [5, 5.41) is 0. The van der Waals surface area contributed by atoms with Crippen molar-refractivity contribution in [1.82, 2.24) is 0 Å². The summed E-state index contributed by atoms with van der Waals surface area (Å²) in [7, 11) is 0. The van der Waals surface area contributed by atoms with Crippen molar-refractivity contribution in [3.05, 3.63) is 24.3 Å². The van der Waals surface area contributed by atoms with Crippen LogP contribution in [0.4, 0.5) is 0 Å². The molecule has 0 amide bonds. The van der Waals surface area contributed by atoms with Crippen LogP contribution in [0.15, 0.2) is 24.3 Å². The molecule has 0 N–H and O–H groups in total. The SMILES string of the molecule is CCCC/C=C\CCCCCCCC(=O)OCC(COC(=O)CCCCCCCCCCCCCCCCCCCCCCCCCCCCCCC)OC(=O)CCCCCCCCCCCCCCC/C=C\CCCCCCCCCC. The van der Waals surface area contributed by atoms with Crippen molar-refractivity contribution in [1.29, 1.82) is 0 Å². The van der Waals surface area contributed by atoms with Gasteiger partial charge in [0.15, 0.2) is 6.10 Å². The minimum Gasteiger partial charge on any atom is -0.462 e. The van der Waals surface area contributed by atoms with Crippen molar-refractivity contribution >= 4 is 17.9 Å². The molecular weight excluding hydrogens is 1020 g/mol. The predicted octanol–water partition coefficient (Wildman–Crippen LogP) is 26.1. The smallest absolute Gasteiger partial charge is 0.306 e. The first kappa shape index (κ1) is 80.9. The lowest BCUT2D eigenvalue weighted by molar-refractivity contribution is -0.167. The number of hydrogen-bond donors (Lipinski definition) is 0. The van der Waals surface area contributed by atoms with E-state index in [1.807, 2.05) is 0 Å². The Hall–Kier alpha value is -2.11. The molecule has 490 valence electrons. The molecule has 0 rings (SSSR count). The zero-order valence-electron chi connectivity index (χ0n) is 56.5. The van der Waals surface area contributed by atoms with Crippen molar-refractivity contribution in [2.24, 2.45) is 0 Å². The Labute approximate surface area is 519 Å². The van der Waals surface area contributed by atoms with E-state index >= 15 is 0 Å². The molecule has 0 heterocycles. The van der Waals surface area contributed by atoms with E-state index in [4.69, 9.17) is 14.2 Å². The maximum absolute atomic E-state index is 13.0. The molecule has 0 spiro atoms. The highest BCUT2D eigenvalue weighted by Gasteiger charge is 2.20. The van der Waals surface area contributed by atoms with Crippen molar-refractivity contribution in [2.75, 3.05) is 13.2 Å². The molecule has 0 saturated carbocycles. The lowest BCUT2D eigenvalue weighted by Crippen LogP contribution is -2.30. The van der Waals surface area contributed by atoms with Crippen LogP contribution in [-0.2, 0) is 28.6 Å². The van der Waals surface area contributed by atoms with Gasteiger partial charge in [-0.1, -0.05) is 373 Å². The summed E-state index contributed by atoms with van der Waals surface area (Å²) in [4.78, 5) is 38.4. The Balaban J connectivity index is 4.11. The lowest BCUT2D eigenvalue weighted by atomic mass is 10.0. The standard InChI is InChI=1S/C77H146O6/c1-4-7-10-13-16-19-22-24-26-28-30-32-34-36-37-38-39-41-42-44-46-48-50-52-55-58-61-64-67-70-76(79)82-73-74(72-81-75(78)69-66-63-60-57-54-21-18-15-12-9-6-3)83-77(80)71-68-65-62-59-56-53-51-49-47-45-43-40-35-33-31-29-27-25-23-20-17-14-11-8-5-2/h15,18,29,31,74H,4-14,16-17,19-28,30,32-73H2,1-3H3/b18-15-,31-29-. The molecule has 6 nitrogen and oxygen atoms in total. The van der Waals surface area contributed by atoms with Crippen molar-refractivity contribution in [3.63, 3.8) is 0 Å². The highest BCUT2D eigenvalue weighted by Crippen LogP contribution is 2.19. The monoisotopic (exact) mass is 1170 g/mol. The van der Waals surface area contributed by atoms with Gasteiger partial charge in [0.05, 0.1) is 0 Å². The van der Waals surface area contributed by atoms with E-state index < -0.39 is 6.10 Å². The molecule has 0 aromatic heterocycles. The summed E-state index contributed by atoms with van der Waals surface area (Å²) in [6.07, 6.45) is 89.6. The third kappa shape index (κ3) is 70.5. The number of carbonyl (C=O) groups is 3. The third-order valence-corrected chi connectivity index (χ3v) is 17.4. The zero-order valence-corrected chi connectivity index (χ0v) is 56.5. The van der Waals surface area contributed by atoms with Gasteiger partial charge < -0.3 is 14.2 Å².